The lowest BCUT2D eigenvalue weighted by Crippen LogP contribution is -2.45. The minimum Gasteiger partial charge on any atom is -0.370 e. The smallest absolute Gasteiger partial charge is 0.370 e. The van der Waals surface area contributed by atoms with Crippen LogP contribution in [0.2, 0.25) is 5.02 Å². The molecule has 1 aliphatic heterocycles. The number of rotatable bonds is 3. The Morgan fingerprint density at radius 2 is 2.22 bits per heavy atom. The van der Waals surface area contributed by atoms with Gasteiger partial charge in [0.15, 0.2) is 0 Å². The molecule has 1 unspecified atom stereocenters. The lowest BCUT2D eigenvalue weighted by Gasteiger charge is -2.34. The summed E-state index contributed by atoms with van der Waals surface area (Å²) in [5.74, 6) is -1.16. The van der Waals surface area contributed by atoms with Gasteiger partial charge in [-0.15, -0.1) is 0 Å². The maximum absolute atomic E-state index is 12.2. The monoisotopic (exact) mass is 345 g/mol. The molecule has 0 spiro atoms. The van der Waals surface area contributed by atoms with Crippen molar-refractivity contribution in [3.8, 4) is 6.07 Å². The molecular formula is C15H15ClF3N3O. The highest BCUT2D eigenvalue weighted by Gasteiger charge is 2.31. The zero-order chi connectivity index (χ0) is 17.0. The van der Waals surface area contributed by atoms with Crippen LogP contribution in [0.4, 0.5) is 18.9 Å². The van der Waals surface area contributed by atoms with Gasteiger partial charge < -0.3 is 10.2 Å². The van der Waals surface area contributed by atoms with Gasteiger partial charge in [0.1, 0.15) is 12.6 Å². The zero-order valence-electron chi connectivity index (χ0n) is 12.2. The van der Waals surface area contributed by atoms with Crippen molar-refractivity contribution in [2.45, 2.75) is 19.0 Å². The highest BCUT2D eigenvalue weighted by Crippen LogP contribution is 2.29. The van der Waals surface area contributed by atoms with E-state index in [9.17, 15) is 18.0 Å². The van der Waals surface area contributed by atoms with E-state index in [0.29, 0.717) is 35.7 Å². The standard InChI is InChI=1S/C15H15ClF3N3O/c16-12-4-3-10(7-20)13(6-12)22-5-1-2-11(8-22)14(23)21-9-15(17,18)19/h3-4,6,11H,1-2,5,8-9H2,(H,21,23). The molecule has 1 amide bonds. The maximum Gasteiger partial charge on any atom is 0.405 e. The van der Waals surface area contributed by atoms with Gasteiger partial charge in [0.2, 0.25) is 5.91 Å². The van der Waals surface area contributed by atoms with E-state index in [1.807, 2.05) is 10.2 Å². The van der Waals surface area contributed by atoms with Gasteiger partial charge in [-0.25, -0.2) is 0 Å². The van der Waals surface area contributed by atoms with Crippen LogP contribution in [0.25, 0.3) is 0 Å². The van der Waals surface area contributed by atoms with Crippen molar-refractivity contribution >= 4 is 23.2 Å². The van der Waals surface area contributed by atoms with Crippen molar-refractivity contribution in [3.05, 3.63) is 28.8 Å². The number of nitriles is 1. The first-order chi connectivity index (χ1) is 10.8. The number of halogens is 4. The second-order valence-corrected chi connectivity index (χ2v) is 5.83. The molecule has 1 fully saturated rings. The number of carbonyl (C=O) groups is 1. The van der Waals surface area contributed by atoms with E-state index in [2.05, 4.69) is 6.07 Å². The summed E-state index contributed by atoms with van der Waals surface area (Å²) < 4.78 is 36.6. The van der Waals surface area contributed by atoms with Gasteiger partial charge in [-0.3, -0.25) is 4.79 Å². The molecule has 1 aromatic carbocycles. The maximum atomic E-state index is 12.2. The van der Waals surface area contributed by atoms with Crippen molar-refractivity contribution in [2.24, 2.45) is 5.92 Å². The Kier molecular flexibility index (Phi) is 5.37. The molecule has 2 rings (SSSR count). The van der Waals surface area contributed by atoms with Gasteiger partial charge in [-0.2, -0.15) is 18.4 Å². The average molecular weight is 346 g/mol. The number of benzene rings is 1. The fourth-order valence-electron chi connectivity index (χ4n) is 2.60. The largest absolute Gasteiger partial charge is 0.405 e. The fourth-order valence-corrected chi connectivity index (χ4v) is 2.77. The minimum atomic E-state index is -4.43. The number of nitrogens with zero attached hydrogens (tertiary/aromatic N) is 2. The molecule has 0 bridgehead atoms. The molecule has 1 N–H and O–H groups in total. The Bertz CT molecular complexity index is 627. The number of amides is 1. The third-order valence-corrected chi connectivity index (χ3v) is 3.91. The Hall–Kier alpha value is -1.94. The second kappa shape index (κ2) is 7.09. The molecule has 0 radical (unpaired) electrons. The molecule has 8 heteroatoms. The summed E-state index contributed by atoms with van der Waals surface area (Å²) in [6.07, 6.45) is -3.25. The number of nitrogens with one attached hydrogen (secondary N) is 1. The third kappa shape index (κ3) is 4.76. The van der Waals surface area contributed by atoms with E-state index in [4.69, 9.17) is 16.9 Å². The number of piperidine rings is 1. The van der Waals surface area contributed by atoms with Crippen LogP contribution < -0.4 is 10.2 Å². The highest BCUT2D eigenvalue weighted by atomic mass is 35.5. The Morgan fingerprint density at radius 3 is 2.87 bits per heavy atom. The molecule has 1 saturated heterocycles. The Labute approximate surface area is 136 Å². The van der Waals surface area contributed by atoms with Crippen LogP contribution in [-0.4, -0.2) is 31.7 Å². The van der Waals surface area contributed by atoms with Gasteiger partial charge in [-0.1, -0.05) is 11.6 Å². The first-order valence-corrected chi connectivity index (χ1v) is 7.47. The van der Waals surface area contributed by atoms with Gasteiger partial charge in [0.25, 0.3) is 0 Å². The SMILES string of the molecule is N#Cc1ccc(Cl)cc1N1CCCC(C(=O)NCC(F)(F)F)C1. The number of alkyl halides is 3. The molecule has 0 saturated carbocycles. The molecular weight excluding hydrogens is 331 g/mol. The fraction of sp³-hybridized carbons (Fsp3) is 0.467. The molecule has 1 aliphatic rings. The average Bonchev–Trinajstić information content (AvgIpc) is 2.52. The van der Waals surface area contributed by atoms with Crippen molar-refractivity contribution < 1.29 is 18.0 Å². The summed E-state index contributed by atoms with van der Waals surface area (Å²) in [6.45, 7) is -0.445. The number of carbonyl (C=O) groups excluding carboxylic acids is 1. The first kappa shape index (κ1) is 17.4. The topological polar surface area (TPSA) is 56.1 Å². The van der Waals surface area contributed by atoms with Gasteiger partial charge in [0.05, 0.1) is 17.2 Å². The van der Waals surface area contributed by atoms with E-state index in [1.54, 1.807) is 18.2 Å². The first-order valence-electron chi connectivity index (χ1n) is 7.09. The predicted molar refractivity (Wildman–Crippen MR) is 80.2 cm³/mol. The molecule has 1 atom stereocenters. The molecule has 4 nitrogen and oxygen atoms in total. The minimum absolute atomic E-state index is 0.263. The third-order valence-electron chi connectivity index (χ3n) is 3.68. The van der Waals surface area contributed by atoms with Crippen LogP contribution in [-0.2, 0) is 4.79 Å². The predicted octanol–water partition coefficient (Wildman–Crippen LogP) is 3.11. The van der Waals surface area contributed by atoms with Crippen LogP contribution >= 0.6 is 11.6 Å². The summed E-state index contributed by atoms with van der Waals surface area (Å²) in [5, 5.41) is 11.5. The molecule has 0 aromatic heterocycles. The van der Waals surface area contributed by atoms with Crippen molar-refractivity contribution in [3.63, 3.8) is 0 Å². The molecule has 1 heterocycles. The van der Waals surface area contributed by atoms with Crippen molar-refractivity contribution in [2.75, 3.05) is 24.5 Å². The molecule has 23 heavy (non-hydrogen) atoms. The Morgan fingerprint density at radius 1 is 1.48 bits per heavy atom. The quantitative estimate of drug-likeness (QED) is 0.915. The van der Waals surface area contributed by atoms with E-state index in [-0.39, 0.29) is 6.54 Å². The van der Waals surface area contributed by atoms with Gasteiger partial charge in [-0.05, 0) is 31.0 Å². The summed E-state index contributed by atoms with van der Waals surface area (Å²) >= 11 is 5.95. The van der Waals surface area contributed by atoms with E-state index >= 15 is 0 Å². The number of anilines is 1. The van der Waals surface area contributed by atoms with Crippen LogP contribution in [0, 0.1) is 17.2 Å². The number of hydrogen-bond acceptors (Lipinski definition) is 3. The summed E-state index contributed by atoms with van der Waals surface area (Å²) in [5.41, 5.74) is 1.03. The van der Waals surface area contributed by atoms with Crippen LogP contribution in [0.5, 0.6) is 0 Å². The normalized spacial score (nSPS) is 18.4. The number of hydrogen-bond donors (Lipinski definition) is 1. The van der Waals surface area contributed by atoms with Crippen LogP contribution in [0.15, 0.2) is 18.2 Å². The van der Waals surface area contributed by atoms with Crippen LogP contribution in [0.3, 0.4) is 0 Å². The molecule has 0 aliphatic carbocycles. The summed E-state index contributed by atoms with van der Waals surface area (Å²) in [4.78, 5) is 13.7. The van der Waals surface area contributed by atoms with Crippen molar-refractivity contribution in [1.29, 1.82) is 5.26 Å². The zero-order valence-corrected chi connectivity index (χ0v) is 12.9. The molecule has 1 aromatic rings. The Balaban J connectivity index is 2.08. The van der Waals surface area contributed by atoms with Gasteiger partial charge in [0, 0.05) is 18.1 Å². The summed E-state index contributed by atoms with van der Waals surface area (Å²) in [6, 6.07) is 6.88. The summed E-state index contributed by atoms with van der Waals surface area (Å²) in [7, 11) is 0. The lowest BCUT2D eigenvalue weighted by atomic mass is 9.96. The second-order valence-electron chi connectivity index (χ2n) is 5.39. The van der Waals surface area contributed by atoms with Gasteiger partial charge >= 0.3 is 6.18 Å². The lowest BCUT2D eigenvalue weighted by molar-refractivity contribution is -0.140. The van der Waals surface area contributed by atoms with Crippen molar-refractivity contribution in [1.82, 2.24) is 5.32 Å². The van der Waals surface area contributed by atoms with E-state index < -0.39 is 24.5 Å². The van der Waals surface area contributed by atoms with E-state index in [1.165, 1.54) is 0 Å². The molecule has 124 valence electrons. The van der Waals surface area contributed by atoms with E-state index in [0.717, 1.165) is 0 Å². The highest BCUT2D eigenvalue weighted by molar-refractivity contribution is 6.30. The van der Waals surface area contributed by atoms with Crippen LogP contribution in [0.1, 0.15) is 18.4 Å².